The first kappa shape index (κ1) is 12.4. The fourth-order valence-electron chi connectivity index (χ4n) is 2.02. The van der Waals surface area contributed by atoms with Crippen molar-refractivity contribution in [2.24, 2.45) is 0 Å². The summed E-state index contributed by atoms with van der Waals surface area (Å²) in [5.74, 6) is 2.34. The summed E-state index contributed by atoms with van der Waals surface area (Å²) in [6.07, 6.45) is 2.39. The van der Waals surface area contributed by atoms with E-state index in [0.29, 0.717) is 5.92 Å². The summed E-state index contributed by atoms with van der Waals surface area (Å²) in [6.45, 7) is 2.00. The number of halogens is 1. The molecule has 2 aromatic rings. The molecule has 4 heteroatoms. The lowest BCUT2D eigenvalue weighted by atomic mass is 10.1. The molecule has 1 aliphatic carbocycles. The molecule has 1 aliphatic rings. The van der Waals surface area contributed by atoms with Gasteiger partial charge in [-0.1, -0.05) is 23.7 Å². The first-order valence-corrected chi connectivity index (χ1v) is 6.88. The zero-order chi connectivity index (χ0) is 13.4. The second kappa shape index (κ2) is 4.82. The highest BCUT2D eigenvalue weighted by Gasteiger charge is 2.27. The molecule has 98 valence electrons. The molecule has 3 rings (SSSR count). The lowest BCUT2D eigenvalue weighted by molar-refractivity contribution is 0.932. The first-order valence-electron chi connectivity index (χ1n) is 6.50. The molecule has 0 aliphatic heterocycles. The van der Waals surface area contributed by atoms with Crippen LogP contribution >= 0.6 is 11.6 Å². The Labute approximate surface area is 118 Å². The Kier molecular flexibility index (Phi) is 3.15. The van der Waals surface area contributed by atoms with E-state index < -0.39 is 0 Å². The standard InChI is InChI=1S/C15H16ClN3/c1-9-3-4-11(7-12(9)16)13-8-14(17-2)19-15(18-13)10-5-6-10/h3-4,7-8,10H,5-6H2,1-2H3,(H,17,18,19). The van der Waals surface area contributed by atoms with Crippen LogP contribution in [0, 0.1) is 6.92 Å². The second-order valence-electron chi connectivity index (χ2n) is 4.98. The van der Waals surface area contributed by atoms with Gasteiger partial charge < -0.3 is 5.32 Å². The lowest BCUT2D eigenvalue weighted by Gasteiger charge is -2.08. The van der Waals surface area contributed by atoms with Crippen LogP contribution in [0.2, 0.25) is 5.02 Å². The summed E-state index contributed by atoms with van der Waals surface area (Å²) in [6, 6.07) is 8.01. The monoisotopic (exact) mass is 273 g/mol. The Balaban J connectivity index is 2.07. The van der Waals surface area contributed by atoms with Crippen LogP contribution in [0.5, 0.6) is 0 Å². The molecule has 19 heavy (non-hydrogen) atoms. The average Bonchev–Trinajstić information content (AvgIpc) is 3.26. The molecule has 1 heterocycles. The number of aromatic nitrogens is 2. The molecular formula is C15H16ClN3. The number of hydrogen-bond acceptors (Lipinski definition) is 3. The van der Waals surface area contributed by atoms with Crippen molar-refractivity contribution in [2.75, 3.05) is 12.4 Å². The molecule has 3 nitrogen and oxygen atoms in total. The Bertz CT molecular complexity index is 621. The third-order valence-electron chi connectivity index (χ3n) is 3.41. The molecule has 0 unspecified atom stereocenters. The van der Waals surface area contributed by atoms with E-state index in [1.807, 2.05) is 32.2 Å². The molecule has 0 bridgehead atoms. The molecular weight excluding hydrogens is 258 g/mol. The minimum absolute atomic E-state index is 0.535. The van der Waals surface area contributed by atoms with Crippen LogP contribution in [0.4, 0.5) is 5.82 Å². The molecule has 0 spiro atoms. The van der Waals surface area contributed by atoms with Crippen molar-refractivity contribution in [2.45, 2.75) is 25.7 Å². The van der Waals surface area contributed by atoms with Gasteiger partial charge in [-0.05, 0) is 31.4 Å². The zero-order valence-electron chi connectivity index (χ0n) is 11.1. The molecule has 0 saturated heterocycles. The van der Waals surface area contributed by atoms with Crippen molar-refractivity contribution in [3.8, 4) is 11.3 Å². The third-order valence-corrected chi connectivity index (χ3v) is 3.82. The van der Waals surface area contributed by atoms with Gasteiger partial charge in [0.05, 0.1) is 5.69 Å². The maximum absolute atomic E-state index is 6.19. The van der Waals surface area contributed by atoms with Crippen molar-refractivity contribution in [3.05, 3.63) is 40.7 Å². The minimum Gasteiger partial charge on any atom is -0.373 e. The molecule has 0 amide bonds. The van der Waals surface area contributed by atoms with Crippen molar-refractivity contribution in [3.63, 3.8) is 0 Å². The van der Waals surface area contributed by atoms with Crippen molar-refractivity contribution in [1.29, 1.82) is 0 Å². The van der Waals surface area contributed by atoms with E-state index in [1.54, 1.807) is 0 Å². The number of nitrogens with one attached hydrogen (secondary N) is 1. The molecule has 1 aromatic heterocycles. The highest BCUT2D eigenvalue weighted by molar-refractivity contribution is 6.31. The number of nitrogens with zero attached hydrogens (tertiary/aromatic N) is 2. The lowest BCUT2D eigenvalue weighted by Crippen LogP contribution is -2.00. The molecule has 1 saturated carbocycles. The third kappa shape index (κ3) is 2.56. The van der Waals surface area contributed by atoms with Gasteiger partial charge in [-0.25, -0.2) is 9.97 Å². The number of benzene rings is 1. The topological polar surface area (TPSA) is 37.8 Å². The van der Waals surface area contributed by atoms with Gasteiger partial charge in [-0.15, -0.1) is 0 Å². The normalized spacial score (nSPS) is 14.5. The fourth-order valence-corrected chi connectivity index (χ4v) is 2.20. The number of aryl methyl sites for hydroxylation is 1. The van der Waals surface area contributed by atoms with E-state index in [-0.39, 0.29) is 0 Å². The van der Waals surface area contributed by atoms with Crippen molar-refractivity contribution < 1.29 is 0 Å². The smallest absolute Gasteiger partial charge is 0.134 e. The van der Waals surface area contributed by atoms with Crippen LogP contribution in [-0.4, -0.2) is 17.0 Å². The average molecular weight is 274 g/mol. The second-order valence-corrected chi connectivity index (χ2v) is 5.39. The summed E-state index contributed by atoms with van der Waals surface area (Å²) < 4.78 is 0. The van der Waals surface area contributed by atoms with Gasteiger partial charge in [0.25, 0.3) is 0 Å². The van der Waals surface area contributed by atoms with Gasteiger partial charge in [0, 0.05) is 29.6 Å². The van der Waals surface area contributed by atoms with Crippen LogP contribution in [0.25, 0.3) is 11.3 Å². The summed E-state index contributed by atoms with van der Waals surface area (Å²) >= 11 is 6.19. The molecule has 1 N–H and O–H groups in total. The molecule has 0 atom stereocenters. The van der Waals surface area contributed by atoms with Crippen molar-refractivity contribution >= 4 is 17.4 Å². The van der Waals surface area contributed by atoms with Gasteiger partial charge in [0.1, 0.15) is 11.6 Å². The summed E-state index contributed by atoms with van der Waals surface area (Å²) in [4.78, 5) is 9.20. The van der Waals surface area contributed by atoms with Crippen LogP contribution < -0.4 is 5.32 Å². The number of anilines is 1. The van der Waals surface area contributed by atoms with E-state index in [0.717, 1.165) is 33.5 Å². The predicted molar refractivity (Wildman–Crippen MR) is 78.7 cm³/mol. The Morgan fingerprint density at radius 2 is 2.00 bits per heavy atom. The van der Waals surface area contributed by atoms with Crippen molar-refractivity contribution in [1.82, 2.24) is 9.97 Å². The van der Waals surface area contributed by atoms with Gasteiger partial charge in [-0.3, -0.25) is 0 Å². The SMILES string of the molecule is CNc1cc(-c2ccc(C)c(Cl)c2)nc(C2CC2)n1. The highest BCUT2D eigenvalue weighted by Crippen LogP contribution is 2.39. The summed E-state index contributed by atoms with van der Waals surface area (Å²) in [7, 11) is 1.88. The van der Waals surface area contributed by atoms with Gasteiger partial charge in [0.15, 0.2) is 0 Å². The molecule has 0 radical (unpaired) electrons. The fraction of sp³-hybridized carbons (Fsp3) is 0.333. The van der Waals surface area contributed by atoms with Gasteiger partial charge in [0.2, 0.25) is 0 Å². The highest BCUT2D eigenvalue weighted by atomic mass is 35.5. The van der Waals surface area contributed by atoms with Crippen LogP contribution in [0.15, 0.2) is 24.3 Å². The van der Waals surface area contributed by atoms with E-state index in [9.17, 15) is 0 Å². The van der Waals surface area contributed by atoms with E-state index in [2.05, 4.69) is 21.4 Å². The van der Waals surface area contributed by atoms with Crippen LogP contribution in [0.1, 0.15) is 30.1 Å². The zero-order valence-corrected chi connectivity index (χ0v) is 11.8. The van der Waals surface area contributed by atoms with Crippen LogP contribution in [0.3, 0.4) is 0 Å². The Hall–Kier alpha value is -1.61. The Morgan fingerprint density at radius 3 is 2.63 bits per heavy atom. The van der Waals surface area contributed by atoms with E-state index in [4.69, 9.17) is 11.6 Å². The number of rotatable bonds is 3. The number of hydrogen-bond donors (Lipinski definition) is 1. The van der Waals surface area contributed by atoms with Gasteiger partial charge in [-0.2, -0.15) is 0 Å². The maximum atomic E-state index is 6.19. The van der Waals surface area contributed by atoms with Gasteiger partial charge >= 0.3 is 0 Å². The summed E-state index contributed by atoms with van der Waals surface area (Å²) in [5.41, 5.74) is 3.05. The van der Waals surface area contributed by atoms with E-state index >= 15 is 0 Å². The van der Waals surface area contributed by atoms with Crippen LogP contribution in [-0.2, 0) is 0 Å². The first-order chi connectivity index (χ1) is 9.17. The minimum atomic E-state index is 0.535. The summed E-state index contributed by atoms with van der Waals surface area (Å²) in [5, 5.41) is 3.88. The molecule has 1 fully saturated rings. The molecule has 1 aromatic carbocycles. The van der Waals surface area contributed by atoms with E-state index in [1.165, 1.54) is 12.8 Å². The quantitative estimate of drug-likeness (QED) is 0.918. The maximum Gasteiger partial charge on any atom is 0.134 e. The Morgan fingerprint density at radius 1 is 1.21 bits per heavy atom. The predicted octanol–water partition coefficient (Wildman–Crippen LogP) is 4.02. The largest absolute Gasteiger partial charge is 0.373 e.